The summed E-state index contributed by atoms with van der Waals surface area (Å²) in [6, 6.07) is 11.7. The van der Waals surface area contributed by atoms with Crippen LogP contribution in [0.4, 0.5) is 0 Å². The van der Waals surface area contributed by atoms with Crippen LogP contribution in [0.25, 0.3) is 43.7 Å². The highest BCUT2D eigenvalue weighted by Gasteiger charge is 2.14. The highest BCUT2D eigenvalue weighted by atomic mass is 35.5. The van der Waals surface area contributed by atoms with Gasteiger partial charge in [-0.2, -0.15) is 0 Å². The Kier molecular flexibility index (Phi) is 2.33. The second-order valence-corrected chi connectivity index (χ2v) is 6.22. The first-order chi connectivity index (χ1) is 10.7. The first-order valence-corrected chi connectivity index (χ1v) is 7.64. The molecule has 5 heteroatoms. The van der Waals surface area contributed by atoms with Gasteiger partial charge in [0.25, 0.3) is 0 Å². The molecule has 0 fully saturated rings. The average molecular weight is 326 g/mol. The predicted octanol–water partition coefficient (Wildman–Crippen LogP) is 5.66. The van der Waals surface area contributed by atoms with Crippen molar-refractivity contribution in [2.45, 2.75) is 0 Å². The number of halogens is 2. The molecule has 2 aromatic carbocycles. The van der Waals surface area contributed by atoms with E-state index in [9.17, 15) is 0 Å². The summed E-state index contributed by atoms with van der Waals surface area (Å²) < 4.78 is 0. The molecule has 22 heavy (non-hydrogen) atoms. The third-order valence-electron chi connectivity index (χ3n) is 4.12. The number of pyridine rings is 1. The van der Waals surface area contributed by atoms with Crippen molar-refractivity contribution in [3.05, 3.63) is 52.6 Å². The largest absolute Gasteiger partial charge is 0.353 e. The molecule has 0 saturated carbocycles. The number of aromatic nitrogens is 3. The molecule has 0 radical (unpaired) electrons. The Morgan fingerprint density at radius 2 is 1.77 bits per heavy atom. The minimum Gasteiger partial charge on any atom is -0.353 e. The maximum absolute atomic E-state index is 6.31. The van der Waals surface area contributed by atoms with Gasteiger partial charge in [-0.3, -0.25) is 4.98 Å². The number of nitrogens with zero attached hydrogens (tertiary/aromatic N) is 1. The van der Waals surface area contributed by atoms with Crippen LogP contribution in [-0.2, 0) is 0 Å². The van der Waals surface area contributed by atoms with Gasteiger partial charge in [0.1, 0.15) is 0 Å². The number of para-hydroxylation sites is 1. The second-order valence-electron chi connectivity index (χ2n) is 5.37. The number of hydrogen-bond acceptors (Lipinski definition) is 1. The molecule has 106 valence electrons. The van der Waals surface area contributed by atoms with E-state index >= 15 is 0 Å². The van der Waals surface area contributed by atoms with Crippen LogP contribution in [0.1, 0.15) is 0 Å². The number of aromatic amines is 2. The monoisotopic (exact) mass is 325 g/mol. The molecule has 0 unspecified atom stereocenters. The summed E-state index contributed by atoms with van der Waals surface area (Å²) >= 11 is 12.5. The fourth-order valence-electron chi connectivity index (χ4n) is 3.16. The number of benzene rings is 2. The van der Waals surface area contributed by atoms with Gasteiger partial charge in [0.05, 0.1) is 33.3 Å². The third-order valence-corrected chi connectivity index (χ3v) is 4.67. The van der Waals surface area contributed by atoms with Crippen molar-refractivity contribution in [1.82, 2.24) is 15.0 Å². The second kappa shape index (κ2) is 4.15. The van der Waals surface area contributed by atoms with Crippen molar-refractivity contribution in [3.63, 3.8) is 0 Å². The first kappa shape index (κ1) is 12.3. The van der Waals surface area contributed by atoms with Crippen molar-refractivity contribution in [1.29, 1.82) is 0 Å². The van der Waals surface area contributed by atoms with Crippen LogP contribution in [0.15, 0.2) is 42.6 Å². The first-order valence-electron chi connectivity index (χ1n) is 6.88. The Bertz CT molecular complexity index is 1200. The minimum absolute atomic E-state index is 0.696. The van der Waals surface area contributed by atoms with E-state index in [-0.39, 0.29) is 0 Å². The summed E-state index contributed by atoms with van der Waals surface area (Å²) in [7, 11) is 0. The van der Waals surface area contributed by atoms with E-state index < -0.39 is 0 Å². The normalized spacial score (nSPS) is 12.1. The Labute approximate surface area is 134 Å². The zero-order chi connectivity index (χ0) is 14.8. The SMILES string of the molecule is Clc1ccc2[nH]c3cnc4c5cccc(Cl)c5[nH]c4c3c2c1. The van der Waals surface area contributed by atoms with Gasteiger partial charge in [0, 0.05) is 26.7 Å². The van der Waals surface area contributed by atoms with Crippen LogP contribution >= 0.6 is 23.2 Å². The molecule has 5 rings (SSSR count). The van der Waals surface area contributed by atoms with Crippen LogP contribution in [0, 0.1) is 0 Å². The molecule has 0 spiro atoms. The smallest absolute Gasteiger partial charge is 0.0966 e. The zero-order valence-electron chi connectivity index (χ0n) is 11.2. The molecule has 5 aromatic rings. The molecule has 0 aliphatic heterocycles. The molecule has 0 amide bonds. The molecule has 2 N–H and O–H groups in total. The van der Waals surface area contributed by atoms with Crippen molar-refractivity contribution >= 4 is 66.9 Å². The third kappa shape index (κ3) is 1.50. The summed E-state index contributed by atoms with van der Waals surface area (Å²) in [6.07, 6.45) is 1.86. The lowest BCUT2D eigenvalue weighted by atomic mass is 10.1. The van der Waals surface area contributed by atoms with Crippen molar-refractivity contribution in [3.8, 4) is 0 Å². The average Bonchev–Trinajstić information content (AvgIpc) is 3.05. The molecule has 0 saturated heterocycles. The van der Waals surface area contributed by atoms with Gasteiger partial charge in [0.15, 0.2) is 0 Å². The van der Waals surface area contributed by atoms with Gasteiger partial charge < -0.3 is 9.97 Å². The van der Waals surface area contributed by atoms with Gasteiger partial charge in [0.2, 0.25) is 0 Å². The fraction of sp³-hybridized carbons (Fsp3) is 0. The summed E-state index contributed by atoms with van der Waals surface area (Å²) in [5.41, 5.74) is 4.83. The zero-order valence-corrected chi connectivity index (χ0v) is 12.8. The van der Waals surface area contributed by atoms with Crippen molar-refractivity contribution in [2.75, 3.05) is 0 Å². The molecule has 0 atom stereocenters. The fourth-order valence-corrected chi connectivity index (χ4v) is 3.56. The van der Waals surface area contributed by atoms with Gasteiger partial charge in [-0.1, -0.05) is 35.3 Å². The molecule has 0 aliphatic rings. The van der Waals surface area contributed by atoms with Crippen LogP contribution in [0.3, 0.4) is 0 Å². The van der Waals surface area contributed by atoms with Crippen LogP contribution in [-0.4, -0.2) is 15.0 Å². The van der Waals surface area contributed by atoms with E-state index in [1.165, 1.54) is 0 Å². The van der Waals surface area contributed by atoms with E-state index in [2.05, 4.69) is 15.0 Å². The standard InChI is InChI=1S/C17H9Cl2N3/c18-8-4-5-12-10(6-8)14-13(21-12)7-20-16-9-2-1-3-11(19)15(9)22-17(14)16/h1-7,21-22H. The lowest BCUT2D eigenvalue weighted by Gasteiger charge is -1.95. The summed E-state index contributed by atoms with van der Waals surface area (Å²) in [5, 5.41) is 4.61. The Hall–Kier alpha value is -2.23. The predicted molar refractivity (Wildman–Crippen MR) is 93.0 cm³/mol. The van der Waals surface area contributed by atoms with Crippen molar-refractivity contribution in [2.24, 2.45) is 0 Å². The lowest BCUT2D eigenvalue weighted by molar-refractivity contribution is 1.42. The van der Waals surface area contributed by atoms with Crippen LogP contribution < -0.4 is 0 Å². The van der Waals surface area contributed by atoms with E-state index in [0.717, 1.165) is 43.7 Å². The van der Waals surface area contributed by atoms with Gasteiger partial charge in [-0.25, -0.2) is 0 Å². The molecule has 3 heterocycles. The number of hydrogen-bond donors (Lipinski definition) is 2. The maximum Gasteiger partial charge on any atom is 0.0966 e. The molecule has 0 aliphatic carbocycles. The summed E-state index contributed by atoms with van der Waals surface area (Å²) in [4.78, 5) is 11.4. The Balaban J connectivity index is 2.11. The molecular formula is C17H9Cl2N3. The maximum atomic E-state index is 6.31. The van der Waals surface area contributed by atoms with E-state index in [1.807, 2.05) is 42.6 Å². The van der Waals surface area contributed by atoms with E-state index in [1.54, 1.807) is 0 Å². The Morgan fingerprint density at radius 3 is 2.68 bits per heavy atom. The number of rotatable bonds is 0. The molecule has 3 aromatic heterocycles. The number of fused-ring (bicyclic) bond motifs is 7. The lowest BCUT2D eigenvalue weighted by Crippen LogP contribution is -1.77. The Morgan fingerprint density at radius 1 is 0.864 bits per heavy atom. The highest BCUT2D eigenvalue weighted by Crippen LogP contribution is 2.36. The number of H-pyrrole nitrogens is 2. The van der Waals surface area contributed by atoms with E-state index in [4.69, 9.17) is 23.2 Å². The highest BCUT2D eigenvalue weighted by molar-refractivity contribution is 6.37. The van der Waals surface area contributed by atoms with Crippen LogP contribution in [0.5, 0.6) is 0 Å². The summed E-state index contributed by atoms with van der Waals surface area (Å²) in [6.45, 7) is 0. The topological polar surface area (TPSA) is 44.5 Å². The van der Waals surface area contributed by atoms with Gasteiger partial charge >= 0.3 is 0 Å². The van der Waals surface area contributed by atoms with Gasteiger partial charge in [-0.15, -0.1) is 0 Å². The number of nitrogens with one attached hydrogen (secondary N) is 2. The molecule has 3 nitrogen and oxygen atoms in total. The van der Waals surface area contributed by atoms with Gasteiger partial charge in [-0.05, 0) is 24.3 Å². The molecular weight excluding hydrogens is 317 g/mol. The summed E-state index contributed by atoms with van der Waals surface area (Å²) in [5.74, 6) is 0. The quantitative estimate of drug-likeness (QED) is 0.379. The van der Waals surface area contributed by atoms with Crippen LogP contribution in [0.2, 0.25) is 10.0 Å². The van der Waals surface area contributed by atoms with E-state index in [0.29, 0.717) is 10.0 Å². The minimum atomic E-state index is 0.696. The molecule has 0 bridgehead atoms. The van der Waals surface area contributed by atoms with Crippen molar-refractivity contribution < 1.29 is 0 Å².